The van der Waals surface area contributed by atoms with Gasteiger partial charge in [-0.1, -0.05) is 6.92 Å². The molecule has 1 aromatic rings. The van der Waals surface area contributed by atoms with Gasteiger partial charge in [-0.05, 0) is 12.8 Å². The first-order valence-corrected chi connectivity index (χ1v) is 5.44. The first-order valence-electron chi connectivity index (χ1n) is 5.44. The van der Waals surface area contributed by atoms with Crippen molar-refractivity contribution in [1.29, 1.82) is 0 Å². The summed E-state index contributed by atoms with van der Waals surface area (Å²) < 4.78 is 39.0. The van der Waals surface area contributed by atoms with Crippen LogP contribution in [0.5, 0.6) is 0 Å². The van der Waals surface area contributed by atoms with Crippen LogP contribution in [0, 0.1) is 17.5 Å². The lowest BCUT2D eigenvalue weighted by Crippen LogP contribution is -2.25. The first-order chi connectivity index (χ1) is 8.04. The number of benzene rings is 1. The number of carbonyl (C=O) groups excluding carboxylic acids is 1. The number of carbonyl (C=O) groups is 1. The van der Waals surface area contributed by atoms with Gasteiger partial charge >= 0.3 is 0 Å². The lowest BCUT2D eigenvalue weighted by atomic mass is 10.1. The summed E-state index contributed by atoms with van der Waals surface area (Å²) in [6, 6.07) is 1.26. The maximum Gasteiger partial charge on any atom is 0.219 e. The van der Waals surface area contributed by atoms with Gasteiger partial charge in [0.15, 0.2) is 0 Å². The van der Waals surface area contributed by atoms with Crippen LogP contribution in [0.15, 0.2) is 12.1 Å². The molecule has 0 unspecified atom stereocenters. The molecule has 0 fully saturated rings. The van der Waals surface area contributed by atoms with E-state index in [2.05, 4.69) is 5.32 Å². The number of nitrogens with one attached hydrogen (secondary N) is 1. The molecule has 0 heterocycles. The summed E-state index contributed by atoms with van der Waals surface area (Å²) in [5.74, 6) is -2.95. The van der Waals surface area contributed by atoms with E-state index in [0.717, 1.165) is 0 Å². The summed E-state index contributed by atoms with van der Waals surface area (Å²) in [5, 5.41) is 2.54. The highest BCUT2D eigenvalue weighted by atomic mass is 19.1. The fourth-order valence-electron chi connectivity index (χ4n) is 1.45. The van der Waals surface area contributed by atoms with Gasteiger partial charge in [-0.15, -0.1) is 0 Å². The average molecular weight is 245 g/mol. The van der Waals surface area contributed by atoms with Crippen molar-refractivity contribution in [2.24, 2.45) is 0 Å². The molecular weight excluding hydrogens is 231 g/mol. The van der Waals surface area contributed by atoms with Crippen molar-refractivity contribution >= 4 is 5.91 Å². The number of amides is 1. The van der Waals surface area contributed by atoms with Gasteiger partial charge < -0.3 is 5.32 Å². The van der Waals surface area contributed by atoms with Crippen molar-refractivity contribution in [3.63, 3.8) is 0 Å². The largest absolute Gasteiger partial charge is 0.356 e. The molecule has 1 aromatic carbocycles. The molecule has 0 spiro atoms. The number of rotatable bonds is 5. The lowest BCUT2D eigenvalue weighted by molar-refractivity contribution is -0.121. The van der Waals surface area contributed by atoms with E-state index in [9.17, 15) is 18.0 Å². The summed E-state index contributed by atoms with van der Waals surface area (Å²) in [7, 11) is 0. The molecule has 0 aromatic heterocycles. The van der Waals surface area contributed by atoms with E-state index >= 15 is 0 Å². The highest BCUT2D eigenvalue weighted by molar-refractivity contribution is 5.75. The van der Waals surface area contributed by atoms with Gasteiger partial charge in [-0.2, -0.15) is 0 Å². The minimum atomic E-state index is -0.946. The Balaban J connectivity index is 2.55. The summed E-state index contributed by atoms with van der Waals surface area (Å²) in [5.41, 5.74) is -0.205. The van der Waals surface area contributed by atoms with Crippen molar-refractivity contribution in [3.05, 3.63) is 35.1 Å². The van der Waals surface area contributed by atoms with Crippen LogP contribution < -0.4 is 5.32 Å². The fraction of sp³-hybridized carbons (Fsp3) is 0.417. The zero-order chi connectivity index (χ0) is 12.8. The molecule has 1 rings (SSSR count). The first kappa shape index (κ1) is 13.5. The minimum Gasteiger partial charge on any atom is -0.356 e. The maximum atomic E-state index is 13.2. The summed E-state index contributed by atoms with van der Waals surface area (Å²) in [4.78, 5) is 11.1. The van der Waals surface area contributed by atoms with E-state index in [1.54, 1.807) is 0 Å². The van der Waals surface area contributed by atoms with Crippen LogP contribution in [-0.4, -0.2) is 12.5 Å². The second kappa shape index (κ2) is 6.27. The Morgan fingerprint density at radius 1 is 1.24 bits per heavy atom. The maximum absolute atomic E-state index is 13.2. The predicted octanol–water partition coefficient (Wildman–Crippen LogP) is 2.56. The Labute approximate surface area is 97.8 Å². The van der Waals surface area contributed by atoms with Crippen molar-refractivity contribution in [3.8, 4) is 0 Å². The summed E-state index contributed by atoms with van der Waals surface area (Å²) in [6.45, 7) is 2.00. The molecule has 0 aliphatic rings. The zero-order valence-electron chi connectivity index (χ0n) is 9.53. The molecule has 0 saturated heterocycles. The fourth-order valence-corrected chi connectivity index (χ4v) is 1.45. The van der Waals surface area contributed by atoms with Crippen LogP contribution in [-0.2, 0) is 11.2 Å². The lowest BCUT2D eigenvalue weighted by Gasteiger charge is -2.06. The van der Waals surface area contributed by atoms with Gasteiger partial charge in [-0.3, -0.25) is 4.79 Å². The van der Waals surface area contributed by atoms with Gasteiger partial charge in [0.05, 0.1) is 0 Å². The average Bonchev–Trinajstić information content (AvgIpc) is 2.22. The molecule has 94 valence electrons. The Hall–Kier alpha value is -1.52. The van der Waals surface area contributed by atoms with Crippen LogP contribution in [0.1, 0.15) is 25.3 Å². The molecule has 0 saturated carbocycles. The van der Waals surface area contributed by atoms with E-state index < -0.39 is 17.5 Å². The van der Waals surface area contributed by atoms with Crippen LogP contribution in [0.2, 0.25) is 0 Å². The predicted molar refractivity (Wildman–Crippen MR) is 57.9 cm³/mol. The highest BCUT2D eigenvalue weighted by Crippen LogP contribution is 2.14. The molecular formula is C12H14F3NO. The minimum absolute atomic E-state index is 0.00734. The van der Waals surface area contributed by atoms with Crippen molar-refractivity contribution in [2.75, 3.05) is 6.54 Å². The van der Waals surface area contributed by atoms with Crippen LogP contribution in [0.4, 0.5) is 13.2 Å². The molecule has 1 N–H and O–H groups in total. The number of halogens is 3. The van der Waals surface area contributed by atoms with E-state index in [0.29, 0.717) is 25.0 Å². The van der Waals surface area contributed by atoms with Crippen LogP contribution in [0.25, 0.3) is 0 Å². The molecule has 0 aliphatic heterocycles. The molecule has 0 radical (unpaired) electrons. The highest BCUT2D eigenvalue weighted by Gasteiger charge is 2.11. The van der Waals surface area contributed by atoms with Crippen molar-refractivity contribution in [1.82, 2.24) is 5.32 Å². The molecule has 0 bridgehead atoms. The van der Waals surface area contributed by atoms with E-state index in [1.165, 1.54) is 0 Å². The number of hydrogen-bond acceptors (Lipinski definition) is 1. The SMILES string of the molecule is CCCC(=O)NCCc1c(F)cc(F)cc1F. The summed E-state index contributed by atoms with van der Waals surface area (Å²) >= 11 is 0. The van der Waals surface area contributed by atoms with E-state index in [1.807, 2.05) is 6.92 Å². The van der Waals surface area contributed by atoms with Gasteiger partial charge in [0.25, 0.3) is 0 Å². The second-order valence-corrected chi connectivity index (χ2v) is 3.70. The monoisotopic (exact) mass is 245 g/mol. The van der Waals surface area contributed by atoms with E-state index in [4.69, 9.17) is 0 Å². The molecule has 5 heteroatoms. The van der Waals surface area contributed by atoms with Gasteiger partial charge in [0.1, 0.15) is 17.5 Å². The van der Waals surface area contributed by atoms with Crippen molar-refractivity contribution < 1.29 is 18.0 Å². The topological polar surface area (TPSA) is 29.1 Å². The third-order valence-electron chi connectivity index (χ3n) is 2.28. The third kappa shape index (κ3) is 4.09. The van der Waals surface area contributed by atoms with Crippen LogP contribution in [0.3, 0.4) is 0 Å². The van der Waals surface area contributed by atoms with Crippen LogP contribution >= 0.6 is 0 Å². The van der Waals surface area contributed by atoms with Gasteiger partial charge in [0, 0.05) is 30.7 Å². The Morgan fingerprint density at radius 2 is 1.82 bits per heavy atom. The van der Waals surface area contributed by atoms with Gasteiger partial charge in [-0.25, -0.2) is 13.2 Å². The normalized spacial score (nSPS) is 10.4. The molecule has 17 heavy (non-hydrogen) atoms. The number of hydrogen-bond donors (Lipinski definition) is 1. The third-order valence-corrected chi connectivity index (χ3v) is 2.28. The Bertz CT molecular complexity index is 384. The molecule has 2 nitrogen and oxygen atoms in total. The van der Waals surface area contributed by atoms with E-state index in [-0.39, 0.29) is 24.4 Å². The quantitative estimate of drug-likeness (QED) is 0.848. The van der Waals surface area contributed by atoms with Gasteiger partial charge in [0.2, 0.25) is 5.91 Å². The zero-order valence-corrected chi connectivity index (χ0v) is 9.53. The molecule has 0 aliphatic carbocycles. The Morgan fingerprint density at radius 3 is 2.35 bits per heavy atom. The smallest absolute Gasteiger partial charge is 0.219 e. The standard InChI is InChI=1S/C12H14F3NO/c1-2-3-12(17)16-5-4-9-10(14)6-8(13)7-11(9)15/h6-7H,2-5H2,1H3,(H,16,17). The molecule has 1 amide bonds. The Kier molecular flexibility index (Phi) is 5.00. The summed E-state index contributed by atoms with van der Waals surface area (Å²) in [6.07, 6.45) is 1.10. The molecule has 0 atom stereocenters. The second-order valence-electron chi connectivity index (χ2n) is 3.70. The van der Waals surface area contributed by atoms with Crippen molar-refractivity contribution in [2.45, 2.75) is 26.2 Å².